The van der Waals surface area contributed by atoms with Crippen LogP contribution in [0.1, 0.15) is 11.4 Å². The lowest BCUT2D eigenvalue weighted by Crippen LogP contribution is -2.24. The average Bonchev–Trinajstić information content (AvgIpc) is 3.45. The highest BCUT2D eigenvalue weighted by atomic mass is 32.2. The molecule has 0 bridgehead atoms. The number of benzene rings is 1. The van der Waals surface area contributed by atoms with Crippen LogP contribution in [-0.2, 0) is 29.3 Å². The standard InChI is InChI=1S/C21H19N5O5S/c27-7-6-25-13-17(11-22-25)32(29,30)16-2-3-18-14(9-16)10-23-26(21(18)28)12-15-1-4-20-19(24-15)5-8-31-20/h1-4,9-11,13,27H,5-8,12H2. The van der Waals surface area contributed by atoms with Crippen LogP contribution in [0.5, 0.6) is 5.75 Å². The number of pyridine rings is 1. The van der Waals surface area contributed by atoms with Gasteiger partial charge in [-0.25, -0.2) is 13.1 Å². The second-order valence-electron chi connectivity index (χ2n) is 7.37. The fourth-order valence-corrected chi connectivity index (χ4v) is 4.88. The minimum absolute atomic E-state index is 0.0123. The quantitative estimate of drug-likeness (QED) is 0.454. The smallest absolute Gasteiger partial charge is 0.274 e. The van der Waals surface area contributed by atoms with Crippen molar-refractivity contribution in [2.75, 3.05) is 13.2 Å². The summed E-state index contributed by atoms with van der Waals surface area (Å²) >= 11 is 0. The van der Waals surface area contributed by atoms with Gasteiger partial charge >= 0.3 is 0 Å². The van der Waals surface area contributed by atoms with E-state index in [0.717, 1.165) is 17.9 Å². The normalized spacial score (nSPS) is 13.3. The first-order valence-corrected chi connectivity index (χ1v) is 11.4. The van der Waals surface area contributed by atoms with Crippen molar-refractivity contribution >= 4 is 20.6 Å². The Morgan fingerprint density at radius 2 is 1.97 bits per heavy atom. The molecule has 1 aromatic carbocycles. The summed E-state index contributed by atoms with van der Waals surface area (Å²) in [5, 5.41) is 17.9. The number of rotatable bonds is 6. The van der Waals surface area contributed by atoms with Gasteiger partial charge in [-0.1, -0.05) is 0 Å². The predicted molar refractivity (Wildman–Crippen MR) is 113 cm³/mol. The topological polar surface area (TPSA) is 129 Å². The minimum atomic E-state index is -3.83. The molecule has 1 aliphatic rings. The fraction of sp³-hybridized carbons (Fsp3) is 0.238. The molecule has 0 unspecified atom stereocenters. The molecule has 5 rings (SSSR count). The Hall–Kier alpha value is -3.57. The van der Waals surface area contributed by atoms with Gasteiger partial charge in [-0.2, -0.15) is 10.2 Å². The third kappa shape index (κ3) is 3.55. The van der Waals surface area contributed by atoms with Gasteiger partial charge in [-0.15, -0.1) is 0 Å². The number of ether oxygens (including phenoxy) is 1. The maximum atomic E-state index is 12.9. The van der Waals surface area contributed by atoms with Gasteiger partial charge in [0.05, 0.1) is 60.4 Å². The molecule has 0 saturated heterocycles. The summed E-state index contributed by atoms with van der Waals surface area (Å²) in [6.45, 7) is 0.853. The molecular formula is C21H19N5O5S. The van der Waals surface area contributed by atoms with Crippen LogP contribution in [0.3, 0.4) is 0 Å². The van der Waals surface area contributed by atoms with Crippen LogP contribution in [0.25, 0.3) is 10.8 Å². The average molecular weight is 453 g/mol. The molecule has 4 aromatic rings. The second-order valence-corrected chi connectivity index (χ2v) is 9.32. The summed E-state index contributed by atoms with van der Waals surface area (Å²) in [5.41, 5.74) is 1.23. The first-order chi connectivity index (χ1) is 15.5. The molecule has 32 heavy (non-hydrogen) atoms. The molecule has 0 fully saturated rings. The van der Waals surface area contributed by atoms with E-state index in [1.165, 1.54) is 46.2 Å². The van der Waals surface area contributed by atoms with Gasteiger partial charge in [-0.05, 0) is 30.3 Å². The predicted octanol–water partition coefficient (Wildman–Crippen LogP) is 0.796. The van der Waals surface area contributed by atoms with Crippen molar-refractivity contribution in [2.24, 2.45) is 0 Å². The van der Waals surface area contributed by atoms with E-state index < -0.39 is 9.84 Å². The van der Waals surface area contributed by atoms with Crippen molar-refractivity contribution in [3.63, 3.8) is 0 Å². The number of aliphatic hydroxyl groups excluding tert-OH is 1. The van der Waals surface area contributed by atoms with Crippen molar-refractivity contribution < 1.29 is 18.3 Å². The van der Waals surface area contributed by atoms with E-state index in [-0.39, 0.29) is 35.0 Å². The van der Waals surface area contributed by atoms with Crippen LogP contribution in [0.4, 0.5) is 0 Å². The van der Waals surface area contributed by atoms with Crippen LogP contribution in [0.2, 0.25) is 0 Å². The van der Waals surface area contributed by atoms with Crippen molar-refractivity contribution in [3.05, 3.63) is 70.7 Å². The van der Waals surface area contributed by atoms with Crippen LogP contribution >= 0.6 is 0 Å². The van der Waals surface area contributed by atoms with Crippen molar-refractivity contribution in [2.45, 2.75) is 29.3 Å². The molecule has 10 nitrogen and oxygen atoms in total. The molecule has 0 aliphatic carbocycles. The summed E-state index contributed by atoms with van der Waals surface area (Å²) in [7, 11) is -3.83. The molecule has 1 aliphatic heterocycles. The molecule has 0 amide bonds. The SMILES string of the molecule is O=c1c2ccc(S(=O)(=O)c3cnn(CCO)c3)cc2cnn1Cc1ccc2c(n1)CCO2. The zero-order valence-corrected chi connectivity index (χ0v) is 17.7. The van der Waals surface area contributed by atoms with Gasteiger partial charge < -0.3 is 9.84 Å². The van der Waals surface area contributed by atoms with Gasteiger partial charge in [0, 0.05) is 18.0 Å². The van der Waals surface area contributed by atoms with E-state index in [0.29, 0.717) is 23.1 Å². The maximum absolute atomic E-state index is 12.9. The summed E-state index contributed by atoms with van der Waals surface area (Å²) in [4.78, 5) is 17.5. The molecule has 11 heteroatoms. The minimum Gasteiger partial charge on any atom is -0.491 e. The summed E-state index contributed by atoms with van der Waals surface area (Å²) in [6.07, 6.45) is 4.81. The number of aromatic nitrogens is 5. The van der Waals surface area contributed by atoms with Crippen LogP contribution < -0.4 is 10.3 Å². The third-order valence-corrected chi connectivity index (χ3v) is 6.99. The number of hydrogen-bond acceptors (Lipinski definition) is 8. The number of sulfone groups is 1. The lowest BCUT2D eigenvalue weighted by molar-refractivity contribution is 0.269. The monoisotopic (exact) mass is 453 g/mol. The van der Waals surface area contributed by atoms with E-state index in [2.05, 4.69) is 15.2 Å². The Morgan fingerprint density at radius 1 is 1.09 bits per heavy atom. The van der Waals surface area contributed by atoms with E-state index in [9.17, 15) is 13.2 Å². The maximum Gasteiger partial charge on any atom is 0.274 e. The Balaban J connectivity index is 1.47. The van der Waals surface area contributed by atoms with Gasteiger partial charge in [-0.3, -0.25) is 14.5 Å². The van der Waals surface area contributed by atoms with Crippen molar-refractivity contribution in [3.8, 4) is 5.75 Å². The number of nitrogens with zero attached hydrogens (tertiary/aromatic N) is 5. The van der Waals surface area contributed by atoms with E-state index in [1.807, 2.05) is 6.07 Å². The molecule has 0 spiro atoms. The van der Waals surface area contributed by atoms with Crippen molar-refractivity contribution in [1.29, 1.82) is 0 Å². The molecule has 1 N–H and O–H groups in total. The lowest BCUT2D eigenvalue weighted by atomic mass is 10.2. The Kier molecular flexibility index (Phi) is 4.98. The largest absolute Gasteiger partial charge is 0.491 e. The third-order valence-electron chi connectivity index (χ3n) is 5.28. The fourth-order valence-electron chi connectivity index (χ4n) is 3.63. The number of fused-ring (bicyclic) bond motifs is 2. The molecular weight excluding hydrogens is 434 g/mol. The van der Waals surface area contributed by atoms with Gasteiger partial charge in [0.15, 0.2) is 0 Å². The highest BCUT2D eigenvalue weighted by Gasteiger charge is 2.21. The molecule has 3 aromatic heterocycles. The Bertz CT molecular complexity index is 1490. The first kappa shape index (κ1) is 20.3. The summed E-state index contributed by atoms with van der Waals surface area (Å²) in [6, 6.07) is 7.96. The molecule has 0 atom stereocenters. The van der Waals surface area contributed by atoms with Crippen LogP contribution in [0.15, 0.2) is 63.5 Å². The Labute approximate surface area is 182 Å². The van der Waals surface area contributed by atoms with Crippen LogP contribution in [0, 0.1) is 0 Å². The molecule has 0 saturated carbocycles. The van der Waals surface area contributed by atoms with Gasteiger partial charge in [0.2, 0.25) is 9.84 Å². The number of hydrogen-bond donors (Lipinski definition) is 1. The van der Waals surface area contributed by atoms with Crippen molar-refractivity contribution in [1.82, 2.24) is 24.5 Å². The zero-order valence-electron chi connectivity index (χ0n) is 16.9. The molecule has 4 heterocycles. The van der Waals surface area contributed by atoms with Crippen LogP contribution in [-0.4, -0.2) is 51.3 Å². The molecule has 164 valence electrons. The lowest BCUT2D eigenvalue weighted by Gasteiger charge is -2.08. The highest BCUT2D eigenvalue weighted by molar-refractivity contribution is 7.91. The number of aliphatic hydroxyl groups is 1. The first-order valence-electron chi connectivity index (χ1n) is 9.95. The van der Waals surface area contributed by atoms with E-state index >= 15 is 0 Å². The summed E-state index contributed by atoms with van der Waals surface area (Å²) in [5.74, 6) is 0.767. The zero-order chi connectivity index (χ0) is 22.3. The molecule has 0 radical (unpaired) electrons. The highest BCUT2D eigenvalue weighted by Crippen LogP contribution is 2.24. The Morgan fingerprint density at radius 3 is 2.81 bits per heavy atom. The van der Waals surface area contributed by atoms with Gasteiger partial charge in [0.1, 0.15) is 10.6 Å². The van der Waals surface area contributed by atoms with E-state index in [4.69, 9.17) is 9.84 Å². The summed E-state index contributed by atoms with van der Waals surface area (Å²) < 4.78 is 34.0. The van der Waals surface area contributed by atoms with E-state index in [1.54, 1.807) is 6.07 Å². The second kappa shape index (κ2) is 7.84. The van der Waals surface area contributed by atoms with Gasteiger partial charge in [0.25, 0.3) is 5.56 Å².